The topological polar surface area (TPSA) is 87.7 Å². The molecule has 0 bridgehead atoms. The van der Waals surface area contributed by atoms with E-state index in [2.05, 4.69) is 55.8 Å². The fourth-order valence-corrected chi connectivity index (χ4v) is 5.25. The Balaban J connectivity index is 1.86. The third-order valence-electron chi connectivity index (χ3n) is 4.31. The van der Waals surface area contributed by atoms with Crippen LogP contribution in [0.2, 0.25) is 0 Å². The van der Waals surface area contributed by atoms with Gasteiger partial charge in [-0.05, 0) is 93.6 Å². The smallest absolute Gasteiger partial charge is 0.322 e. The normalized spacial score (nSPS) is 18.9. The highest BCUT2D eigenvalue weighted by molar-refractivity contribution is 14.1. The van der Waals surface area contributed by atoms with Crippen LogP contribution in [0, 0.1) is 7.14 Å². The fourth-order valence-electron chi connectivity index (χ4n) is 3.14. The summed E-state index contributed by atoms with van der Waals surface area (Å²) in [5, 5.41) is 14.5. The van der Waals surface area contributed by atoms with E-state index in [0.717, 1.165) is 24.9 Å². The lowest BCUT2D eigenvalue weighted by molar-refractivity contribution is -0.124. The molecule has 2 aromatic rings. The van der Waals surface area contributed by atoms with Crippen molar-refractivity contribution in [1.82, 2.24) is 10.6 Å². The number of aromatic hydroxyl groups is 1. The van der Waals surface area contributed by atoms with Gasteiger partial charge in [0.1, 0.15) is 17.0 Å². The number of benzene rings is 2. The van der Waals surface area contributed by atoms with Gasteiger partial charge < -0.3 is 15.2 Å². The zero-order valence-electron chi connectivity index (χ0n) is 14.5. The van der Waals surface area contributed by atoms with Gasteiger partial charge in [0, 0.05) is 6.42 Å². The molecule has 1 aliphatic rings. The number of carbonyl (C=O) groups is 2. The molecule has 6 nitrogen and oxygen atoms in total. The molecule has 2 aromatic carbocycles. The van der Waals surface area contributed by atoms with E-state index in [0.29, 0.717) is 18.6 Å². The number of phenols is 1. The lowest BCUT2D eigenvalue weighted by Crippen LogP contribution is -2.48. The maximum absolute atomic E-state index is 12.4. The number of rotatable bonds is 6. The summed E-state index contributed by atoms with van der Waals surface area (Å²) in [5.74, 6) is 1.25. The molecule has 8 heteroatoms. The first-order chi connectivity index (χ1) is 12.8. The zero-order chi connectivity index (χ0) is 19.6. The maximum Gasteiger partial charge on any atom is 0.322 e. The number of imide groups is 1. The minimum absolute atomic E-state index is 0.181. The molecule has 1 saturated heterocycles. The van der Waals surface area contributed by atoms with E-state index in [1.165, 1.54) is 0 Å². The van der Waals surface area contributed by atoms with Gasteiger partial charge in [0.2, 0.25) is 0 Å². The summed E-state index contributed by atoms with van der Waals surface area (Å²) in [6.07, 6.45) is 1.78. The molecule has 3 amide bonds. The standard InChI is InChI=1S/C19H18I2N2O4/c1-2-7-19(17(25)22-18(26)23-19)10-11-8-14(20)16(15(21)9-11)27-13-5-3-12(24)4-6-13/h3-6,8-9,24H,2,7,10H2,1H3,(H2,22,23,25,26). The largest absolute Gasteiger partial charge is 0.508 e. The van der Waals surface area contributed by atoms with Crippen LogP contribution in [-0.4, -0.2) is 22.6 Å². The lowest BCUT2D eigenvalue weighted by atomic mass is 9.86. The van der Waals surface area contributed by atoms with Gasteiger partial charge >= 0.3 is 6.03 Å². The van der Waals surface area contributed by atoms with Gasteiger partial charge in [-0.3, -0.25) is 10.1 Å². The van der Waals surface area contributed by atoms with Crippen molar-refractivity contribution in [2.45, 2.75) is 31.7 Å². The van der Waals surface area contributed by atoms with Gasteiger partial charge in [-0.25, -0.2) is 4.79 Å². The molecule has 1 fully saturated rings. The van der Waals surface area contributed by atoms with E-state index in [1.54, 1.807) is 24.3 Å². The van der Waals surface area contributed by atoms with Crippen molar-refractivity contribution in [2.75, 3.05) is 0 Å². The summed E-state index contributed by atoms with van der Waals surface area (Å²) in [5.41, 5.74) is 0.0461. The van der Waals surface area contributed by atoms with E-state index in [9.17, 15) is 14.7 Å². The highest BCUT2D eigenvalue weighted by atomic mass is 127. The van der Waals surface area contributed by atoms with Crippen LogP contribution in [0.1, 0.15) is 25.3 Å². The third kappa shape index (κ3) is 4.48. The molecular formula is C19H18I2N2O4. The summed E-state index contributed by atoms with van der Waals surface area (Å²) in [6, 6.07) is 10.0. The van der Waals surface area contributed by atoms with Crippen molar-refractivity contribution in [3.8, 4) is 17.2 Å². The first kappa shape index (κ1) is 20.2. The number of ether oxygens (including phenoxy) is 1. The van der Waals surface area contributed by atoms with Crippen LogP contribution in [-0.2, 0) is 11.2 Å². The first-order valence-corrected chi connectivity index (χ1v) is 10.6. The minimum Gasteiger partial charge on any atom is -0.508 e. The Labute approximate surface area is 184 Å². The average molecular weight is 592 g/mol. The average Bonchev–Trinajstić information content (AvgIpc) is 2.86. The van der Waals surface area contributed by atoms with E-state index in [-0.39, 0.29) is 11.7 Å². The van der Waals surface area contributed by atoms with Gasteiger partial charge in [-0.1, -0.05) is 13.3 Å². The second kappa shape index (κ2) is 8.21. The number of amides is 3. The molecule has 1 aliphatic heterocycles. The Morgan fingerprint density at radius 3 is 2.26 bits per heavy atom. The van der Waals surface area contributed by atoms with Crippen LogP contribution in [0.25, 0.3) is 0 Å². The fraction of sp³-hybridized carbons (Fsp3) is 0.263. The molecule has 1 atom stereocenters. The second-order valence-electron chi connectivity index (χ2n) is 6.40. The van der Waals surface area contributed by atoms with Gasteiger partial charge in [-0.2, -0.15) is 0 Å². The van der Waals surface area contributed by atoms with Crippen molar-refractivity contribution in [3.05, 3.63) is 49.1 Å². The maximum atomic E-state index is 12.4. The first-order valence-electron chi connectivity index (χ1n) is 8.41. The predicted octanol–water partition coefficient (Wildman–Crippen LogP) is 4.31. The molecular weight excluding hydrogens is 574 g/mol. The van der Waals surface area contributed by atoms with Crippen molar-refractivity contribution in [3.63, 3.8) is 0 Å². The van der Waals surface area contributed by atoms with E-state index in [1.807, 2.05) is 19.1 Å². The van der Waals surface area contributed by atoms with E-state index in [4.69, 9.17) is 4.74 Å². The second-order valence-corrected chi connectivity index (χ2v) is 8.73. The van der Waals surface area contributed by atoms with Crippen molar-refractivity contribution < 1.29 is 19.4 Å². The number of urea groups is 1. The van der Waals surface area contributed by atoms with Crippen LogP contribution < -0.4 is 15.4 Å². The number of nitrogens with one attached hydrogen (secondary N) is 2. The molecule has 1 heterocycles. The summed E-state index contributed by atoms with van der Waals surface area (Å²) in [4.78, 5) is 24.0. The number of halogens is 2. The van der Waals surface area contributed by atoms with Crippen LogP contribution in [0.3, 0.4) is 0 Å². The van der Waals surface area contributed by atoms with E-state index >= 15 is 0 Å². The zero-order valence-corrected chi connectivity index (χ0v) is 18.8. The minimum atomic E-state index is -0.905. The Bertz CT molecular complexity index is 863. The molecule has 0 saturated carbocycles. The SMILES string of the molecule is CCCC1(Cc2cc(I)c(Oc3ccc(O)cc3)c(I)c2)NC(=O)NC1=O. The number of phenolic OH excluding ortho intramolecular Hbond substituents is 1. The van der Waals surface area contributed by atoms with Gasteiger partial charge in [-0.15, -0.1) is 0 Å². The molecule has 1 unspecified atom stereocenters. The summed E-state index contributed by atoms with van der Waals surface area (Å²) >= 11 is 4.40. The molecule has 0 spiro atoms. The lowest BCUT2D eigenvalue weighted by Gasteiger charge is -2.26. The van der Waals surface area contributed by atoms with Crippen LogP contribution in [0.15, 0.2) is 36.4 Å². The van der Waals surface area contributed by atoms with Gasteiger partial charge in [0.15, 0.2) is 5.75 Å². The Kier molecular flexibility index (Phi) is 6.14. The van der Waals surface area contributed by atoms with Crippen molar-refractivity contribution >= 4 is 57.1 Å². The predicted molar refractivity (Wildman–Crippen MR) is 118 cm³/mol. The number of carbonyl (C=O) groups excluding carboxylic acids is 2. The molecule has 3 N–H and O–H groups in total. The van der Waals surface area contributed by atoms with Gasteiger partial charge in [0.05, 0.1) is 7.14 Å². The Hall–Kier alpha value is -1.56. The van der Waals surface area contributed by atoms with Crippen molar-refractivity contribution in [2.24, 2.45) is 0 Å². The van der Waals surface area contributed by atoms with Gasteiger partial charge in [0.25, 0.3) is 5.91 Å². The molecule has 0 radical (unpaired) electrons. The van der Waals surface area contributed by atoms with E-state index < -0.39 is 11.6 Å². The van der Waals surface area contributed by atoms with Crippen molar-refractivity contribution in [1.29, 1.82) is 0 Å². The number of hydrogen-bond acceptors (Lipinski definition) is 4. The molecule has 27 heavy (non-hydrogen) atoms. The van der Waals surface area contributed by atoms with Crippen LogP contribution >= 0.6 is 45.2 Å². The monoisotopic (exact) mass is 592 g/mol. The summed E-state index contributed by atoms with van der Waals surface area (Å²) in [7, 11) is 0. The highest BCUT2D eigenvalue weighted by Crippen LogP contribution is 2.35. The molecule has 142 valence electrons. The highest BCUT2D eigenvalue weighted by Gasteiger charge is 2.45. The molecule has 3 rings (SSSR count). The molecule has 0 aliphatic carbocycles. The Morgan fingerprint density at radius 2 is 1.74 bits per heavy atom. The van der Waals surface area contributed by atoms with Crippen LogP contribution in [0.4, 0.5) is 4.79 Å². The quantitative estimate of drug-likeness (QED) is 0.345. The molecule has 0 aromatic heterocycles. The Morgan fingerprint density at radius 1 is 1.11 bits per heavy atom. The van der Waals surface area contributed by atoms with Crippen LogP contribution in [0.5, 0.6) is 17.2 Å². The summed E-state index contributed by atoms with van der Waals surface area (Å²) in [6.45, 7) is 1.99. The third-order valence-corrected chi connectivity index (χ3v) is 5.91. The summed E-state index contributed by atoms with van der Waals surface area (Å²) < 4.78 is 7.76. The number of hydrogen-bond donors (Lipinski definition) is 3.